The van der Waals surface area contributed by atoms with Crippen molar-refractivity contribution in [1.82, 2.24) is 0 Å². The molecule has 0 fully saturated rings. The van der Waals surface area contributed by atoms with E-state index in [2.05, 4.69) is 10.1 Å². The number of methoxy groups -OCH3 is 1. The van der Waals surface area contributed by atoms with E-state index in [-0.39, 0.29) is 31.7 Å². The van der Waals surface area contributed by atoms with Gasteiger partial charge in [-0.15, -0.1) is 13.2 Å². The molecule has 1 heterocycles. The third-order valence-corrected chi connectivity index (χ3v) is 6.13. The van der Waals surface area contributed by atoms with E-state index in [9.17, 15) is 27.2 Å². The molecule has 0 saturated carbocycles. The summed E-state index contributed by atoms with van der Waals surface area (Å²) in [5, 5.41) is 11.9. The van der Waals surface area contributed by atoms with E-state index < -0.39 is 35.8 Å². The summed E-state index contributed by atoms with van der Waals surface area (Å²) in [6, 6.07) is 12.9. The first-order valence-corrected chi connectivity index (χ1v) is 13.3. The van der Waals surface area contributed by atoms with Gasteiger partial charge in [-0.2, -0.15) is 0 Å². The summed E-state index contributed by atoms with van der Waals surface area (Å²) in [4.78, 5) is 26.0. The van der Waals surface area contributed by atoms with E-state index in [1.165, 1.54) is 54.5 Å². The number of hydrogen-bond acceptors (Lipinski definition) is 6. The van der Waals surface area contributed by atoms with Gasteiger partial charge >= 0.3 is 12.3 Å². The number of hydrogen-bond donors (Lipinski definition) is 2. The Kier molecular flexibility index (Phi) is 11.0. The predicted molar refractivity (Wildman–Crippen MR) is 149 cm³/mol. The van der Waals surface area contributed by atoms with Crippen molar-refractivity contribution in [2.45, 2.75) is 45.5 Å². The number of fused-ring (bicyclic) bond motifs is 1. The summed E-state index contributed by atoms with van der Waals surface area (Å²) in [7, 11) is 1.44. The second kappa shape index (κ2) is 14.4. The van der Waals surface area contributed by atoms with E-state index in [0.29, 0.717) is 34.7 Å². The largest absolute Gasteiger partial charge is 0.573 e. The fraction of sp³-hybridized carbons (Fsp3) is 0.333. The van der Waals surface area contributed by atoms with Crippen molar-refractivity contribution in [1.29, 1.82) is 0 Å². The standard InChI is InChI=1S/C28H26F4N2O6.C2H6/c1-38-22-13-20(14-23(15-22)39-12-2-3-25(35)36)33-26(18-4-7-19(29)8-5-18)27(37)34-11-10-17-6-9-21(16-24(17)34)40-28(30,31)32;1-2/h4-9,13-16,26,33H,2-3,10-12H2,1H3,(H,35,36);1-2H3. The minimum atomic E-state index is -4.89. The highest BCUT2D eigenvalue weighted by molar-refractivity contribution is 6.01. The van der Waals surface area contributed by atoms with Crippen LogP contribution in [-0.2, 0) is 16.0 Å². The number of carbonyl (C=O) groups is 2. The molecule has 1 amide bonds. The van der Waals surface area contributed by atoms with Crippen molar-refractivity contribution in [3.63, 3.8) is 0 Å². The Balaban J connectivity index is 0.00000237. The number of alkyl halides is 3. The van der Waals surface area contributed by atoms with Gasteiger partial charge in [0.2, 0.25) is 0 Å². The number of ether oxygens (including phenoxy) is 3. The van der Waals surface area contributed by atoms with Crippen molar-refractivity contribution >= 4 is 23.3 Å². The van der Waals surface area contributed by atoms with Crippen LogP contribution in [0.4, 0.5) is 28.9 Å². The van der Waals surface area contributed by atoms with Crippen molar-refractivity contribution < 1.29 is 46.5 Å². The Morgan fingerprint density at radius 1 is 1.00 bits per heavy atom. The number of nitrogens with zero attached hydrogens (tertiary/aromatic N) is 1. The monoisotopic (exact) mass is 592 g/mol. The molecule has 0 bridgehead atoms. The van der Waals surface area contributed by atoms with Crippen LogP contribution in [0.1, 0.15) is 43.9 Å². The maximum atomic E-state index is 13.9. The number of aliphatic carboxylic acids is 1. The molecule has 3 aromatic carbocycles. The Bertz CT molecular complexity index is 1360. The first-order chi connectivity index (χ1) is 20.0. The van der Waals surface area contributed by atoms with Gasteiger partial charge in [0.05, 0.1) is 19.4 Å². The second-order valence-electron chi connectivity index (χ2n) is 8.95. The molecule has 2 N–H and O–H groups in total. The Labute approximate surface area is 240 Å². The molecule has 226 valence electrons. The fourth-order valence-electron chi connectivity index (χ4n) is 4.32. The quantitative estimate of drug-likeness (QED) is 0.188. The number of anilines is 2. The lowest BCUT2D eigenvalue weighted by atomic mass is 10.0. The lowest BCUT2D eigenvalue weighted by Crippen LogP contribution is -2.37. The first-order valence-electron chi connectivity index (χ1n) is 13.3. The Morgan fingerprint density at radius 3 is 2.33 bits per heavy atom. The lowest BCUT2D eigenvalue weighted by Gasteiger charge is -2.26. The van der Waals surface area contributed by atoms with Crippen molar-refractivity contribution in [3.8, 4) is 17.2 Å². The minimum absolute atomic E-state index is 0.0662. The molecule has 4 rings (SSSR count). The normalized spacial score (nSPS) is 12.9. The molecule has 3 aromatic rings. The van der Waals surface area contributed by atoms with Gasteiger partial charge in [0.25, 0.3) is 5.91 Å². The average molecular weight is 593 g/mol. The molecule has 1 aliphatic heterocycles. The highest BCUT2D eigenvalue weighted by Gasteiger charge is 2.34. The van der Waals surface area contributed by atoms with E-state index in [1.807, 2.05) is 13.8 Å². The van der Waals surface area contributed by atoms with E-state index in [4.69, 9.17) is 14.6 Å². The molecular weight excluding hydrogens is 560 g/mol. The molecule has 0 spiro atoms. The number of benzene rings is 3. The molecular formula is C30H32F4N2O6. The highest BCUT2D eigenvalue weighted by atomic mass is 19.4. The number of carboxylic acid groups (broad SMARTS) is 1. The summed E-state index contributed by atoms with van der Waals surface area (Å²) in [5.74, 6) is -1.63. The van der Waals surface area contributed by atoms with E-state index in [1.54, 1.807) is 18.2 Å². The zero-order valence-electron chi connectivity index (χ0n) is 23.3. The van der Waals surface area contributed by atoms with Crippen LogP contribution in [0.5, 0.6) is 17.2 Å². The smallest absolute Gasteiger partial charge is 0.497 e. The zero-order valence-corrected chi connectivity index (χ0v) is 23.3. The van der Waals surface area contributed by atoms with Gasteiger partial charge in [-0.05, 0) is 42.2 Å². The summed E-state index contributed by atoms with van der Waals surface area (Å²) in [6.45, 7) is 4.35. The maximum Gasteiger partial charge on any atom is 0.573 e. The summed E-state index contributed by atoms with van der Waals surface area (Å²) in [6.07, 6.45) is -4.25. The van der Waals surface area contributed by atoms with Crippen molar-refractivity contribution in [3.05, 3.63) is 77.6 Å². The Morgan fingerprint density at radius 2 is 1.69 bits per heavy atom. The first kappa shape index (κ1) is 32.0. The molecule has 1 unspecified atom stereocenters. The third-order valence-electron chi connectivity index (χ3n) is 6.13. The van der Waals surface area contributed by atoms with Gasteiger partial charge in [-0.1, -0.05) is 32.0 Å². The number of carboxylic acids is 1. The van der Waals surface area contributed by atoms with Gasteiger partial charge in [0.1, 0.15) is 29.1 Å². The minimum Gasteiger partial charge on any atom is -0.497 e. The SMILES string of the molecule is CC.COc1cc(NC(C(=O)N2CCc3ccc(OC(F)(F)F)cc32)c2ccc(F)cc2)cc(OCCCC(=O)O)c1. The van der Waals surface area contributed by atoms with E-state index in [0.717, 1.165) is 0 Å². The molecule has 0 radical (unpaired) electrons. The number of halogens is 4. The molecule has 1 aliphatic rings. The molecule has 12 heteroatoms. The molecule has 0 aliphatic carbocycles. The van der Waals surface area contributed by atoms with Crippen LogP contribution in [0.15, 0.2) is 60.7 Å². The summed E-state index contributed by atoms with van der Waals surface area (Å²) >= 11 is 0. The number of nitrogens with one attached hydrogen (secondary N) is 1. The second-order valence-corrected chi connectivity index (χ2v) is 8.95. The van der Waals surface area contributed by atoms with E-state index >= 15 is 0 Å². The van der Waals surface area contributed by atoms with Gasteiger partial charge < -0.3 is 29.5 Å². The summed E-state index contributed by atoms with van der Waals surface area (Å²) in [5.41, 5.74) is 1.78. The molecule has 8 nitrogen and oxygen atoms in total. The van der Waals surface area contributed by atoms with Crippen molar-refractivity contribution in [2.24, 2.45) is 0 Å². The molecule has 0 saturated heterocycles. The van der Waals surface area contributed by atoms with Crippen LogP contribution in [0.3, 0.4) is 0 Å². The fourth-order valence-corrected chi connectivity index (χ4v) is 4.32. The number of carbonyl (C=O) groups excluding carboxylic acids is 1. The van der Waals surface area contributed by atoms with Crippen molar-refractivity contribution in [2.75, 3.05) is 30.5 Å². The lowest BCUT2D eigenvalue weighted by molar-refractivity contribution is -0.274. The predicted octanol–water partition coefficient (Wildman–Crippen LogP) is 6.75. The molecule has 1 atom stereocenters. The van der Waals surface area contributed by atoms with Gasteiger partial charge in [-0.3, -0.25) is 9.59 Å². The number of amides is 1. The van der Waals surface area contributed by atoms with Gasteiger partial charge in [-0.25, -0.2) is 4.39 Å². The molecule has 0 aromatic heterocycles. The van der Waals surface area contributed by atoms with Crippen LogP contribution in [0, 0.1) is 5.82 Å². The third kappa shape index (κ3) is 8.76. The zero-order chi connectivity index (χ0) is 30.9. The van der Waals surface area contributed by atoms with Crippen LogP contribution in [0.25, 0.3) is 0 Å². The van der Waals surface area contributed by atoms with Gasteiger partial charge in [0.15, 0.2) is 0 Å². The van der Waals surface area contributed by atoms with Crippen LogP contribution < -0.4 is 24.4 Å². The molecule has 42 heavy (non-hydrogen) atoms. The summed E-state index contributed by atoms with van der Waals surface area (Å²) < 4.78 is 67.2. The maximum absolute atomic E-state index is 13.9. The van der Waals surface area contributed by atoms with Gasteiger partial charge in [0, 0.05) is 42.9 Å². The van der Waals surface area contributed by atoms with Crippen LogP contribution in [0.2, 0.25) is 0 Å². The average Bonchev–Trinajstić information content (AvgIpc) is 3.37. The van der Waals surface area contributed by atoms with Crippen LogP contribution >= 0.6 is 0 Å². The Hall–Kier alpha value is -4.48. The van der Waals surface area contributed by atoms with Crippen LogP contribution in [-0.4, -0.2) is 43.6 Å². The topological polar surface area (TPSA) is 97.3 Å². The number of rotatable bonds is 11. The highest BCUT2D eigenvalue weighted by Crippen LogP contribution is 2.37.